The van der Waals surface area contributed by atoms with Crippen LogP contribution < -0.4 is 5.43 Å². The lowest BCUT2D eigenvalue weighted by Crippen LogP contribution is -2.08. The van der Waals surface area contributed by atoms with Crippen LogP contribution in [0.2, 0.25) is 5.15 Å². The normalized spacial score (nSPS) is 9.90. The van der Waals surface area contributed by atoms with Gasteiger partial charge < -0.3 is 4.98 Å². The fourth-order valence-corrected chi connectivity index (χ4v) is 0.889. The Morgan fingerprint density at radius 2 is 2.30 bits per heavy atom. The number of pyridine rings is 1. The molecule has 0 amide bonds. The number of aromatic nitrogens is 1. The molecule has 1 heterocycles. The van der Waals surface area contributed by atoms with Crippen molar-refractivity contribution in [3.8, 4) is 0 Å². The summed E-state index contributed by atoms with van der Waals surface area (Å²) >= 11 is 8.07. The molecule has 0 unspecified atom stereocenters. The van der Waals surface area contributed by atoms with Crippen molar-refractivity contribution in [2.45, 2.75) is 0 Å². The van der Waals surface area contributed by atoms with Gasteiger partial charge in [0.2, 0.25) is 11.2 Å². The van der Waals surface area contributed by atoms with Crippen molar-refractivity contribution < 1.29 is 4.39 Å². The highest BCUT2D eigenvalue weighted by Gasteiger charge is 2.06. The van der Waals surface area contributed by atoms with Crippen LogP contribution in [0.3, 0.4) is 0 Å². The van der Waals surface area contributed by atoms with E-state index < -0.39 is 11.2 Å². The molecule has 5 heteroatoms. The van der Waals surface area contributed by atoms with E-state index in [1.807, 2.05) is 0 Å². The van der Waals surface area contributed by atoms with Crippen LogP contribution in [0, 0.1) is 5.82 Å². The molecule has 2 nitrogen and oxygen atoms in total. The van der Waals surface area contributed by atoms with Gasteiger partial charge in [-0.3, -0.25) is 4.79 Å². The average Bonchev–Trinajstić information content (AvgIpc) is 1.93. The van der Waals surface area contributed by atoms with Gasteiger partial charge in [-0.05, 0) is 15.9 Å². The Hall–Kier alpha value is -0.350. The molecule has 0 atom stereocenters. The third kappa shape index (κ3) is 1.22. The van der Waals surface area contributed by atoms with Crippen LogP contribution >= 0.6 is 27.5 Å². The summed E-state index contributed by atoms with van der Waals surface area (Å²) in [5.41, 5.74) is -0.733. The Labute approximate surface area is 69.1 Å². The number of H-pyrrole nitrogens is 1. The monoisotopic (exact) mass is 225 g/mol. The summed E-state index contributed by atoms with van der Waals surface area (Å²) in [5.74, 6) is -0.962. The highest BCUT2D eigenvalue weighted by atomic mass is 79.9. The molecule has 10 heavy (non-hydrogen) atoms. The Bertz CT molecular complexity index is 311. The fraction of sp³-hybridized carbons (Fsp3) is 0. The molecular formula is C5H2BrClFNO. The summed E-state index contributed by atoms with van der Waals surface area (Å²) in [5, 5.41) is -0.270. The minimum atomic E-state index is -0.962. The number of hydrogen-bond acceptors (Lipinski definition) is 1. The number of nitrogens with one attached hydrogen (secondary N) is 1. The quantitative estimate of drug-likeness (QED) is 0.674. The van der Waals surface area contributed by atoms with Crippen molar-refractivity contribution in [2.75, 3.05) is 0 Å². The van der Waals surface area contributed by atoms with Crippen molar-refractivity contribution in [3.63, 3.8) is 0 Å². The van der Waals surface area contributed by atoms with E-state index in [9.17, 15) is 9.18 Å². The Balaban J connectivity index is 3.50. The van der Waals surface area contributed by atoms with Crippen LogP contribution in [0.5, 0.6) is 0 Å². The fourth-order valence-electron chi connectivity index (χ4n) is 0.460. The maximum atomic E-state index is 12.5. The van der Waals surface area contributed by atoms with Gasteiger partial charge in [-0.2, -0.15) is 4.39 Å². The van der Waals surface area contributed by atoms with Crippen LogP contribution in [-0.2, 0) is 0 Å². The molecule has 0 fully saturated rings. The molecule has 0 bridgehead atoms. The lowest BCUT2D eigenvalue weighted by Gasteiger charge is -1.92. The molecule has 1 aromatic heterocycles. The summed E-state index contributed by atoms with van der Waals surface area (Å²) in [7, 11) is 0. The van der Waals surface area contributed by atoms with Gasteiger partial charge >= 0.3 is 0 Å². The Morgan fingerprint density at radius 3 is 2.80 bits per heavy atom. The number of rotatable bonds is 0. The highest BCUT2D eigenvalue weighted by Crippen LogP contribution is 2.09. The minimum absolute atomic E-state index is 0.134. The molecule has 1 N–H and O–H groups in total. The van der Waals surface area contributed by atoms with Crippen LogP contribution in [0.4, 0.5) is 4.39 Å². The van der Waals surface area contributed by atoms with Gasteiger partial charge in [-0.1, -0.05) is 11.6 Å². The lowest BCUT2D eigenvalue weighted by atomic mass is 10.5. The number of hydrogen-bond donors (Lipinski definition) is 1. The van der Waals surface area contributed by atoms with E-state index in [0.717, 1.165) is 0 Å². The molecule has 0 aliphatic heterocycles. The second-order valence-corrected chi connectivity index (χ2v) is 2.83. The van der Waals surface area contributed by atoms with Crippen LogP contribution in [0.1, 0.15) is 0 Å². The van der Waals surface area contributed by atoms with E-state index in [-0.39, 0.29) is 9.63 Å². The van der Waals surface area contributed by atoms with Crippen LogP contribution in [0.15, 0.2) is 15.5 Å². The average molecular weight is 226 g/mol. The van der Waals surface area contributed by atoms with Gasteiger partial charge in [0.15, 0.2) is 0 Å². The first-order chi connectivity index (χ1) is 4.63. The molecule has 0 saturated carbocycles. The SMILES string of the molecule is O=c1c(Br)c[nH]c(Cl)c1F. The number of halogens is 3. The van der Waals surface area contributed by atoms with Crippen molar-refractivity contribution >= 4 is 27.5 Å². The van der Waals surface area contributed by atoms with Gasteiger partial charge in [0, 0.05) is 6.20 Å². The summed E-state index contributed by atoms with van der Waals surface area (Å²) < 4.78 is 12.6. The van der Waals surface area contributed by atoms with Gasteiger partial charge in [0.05, 0.1) is 4.47 Å². The van der Waals surface area contributed by atoms with Gasteiger partial charge in [0.1, 0.15) is 5.15 Å². The lowest BCUT2D eigenvalue weighted by molar-refractivity contribution is 0.610. The zero-order valence-corrected chi connectivity index (χ0v) is 6.96. The van der Waals surface area contributed by atoms with Gasteiger partial charge in [0.25, 0.3) is 0 Å². The molecule has 1 aromatic rings. The van der Waals surface area contributed by atoms with Gasteiger partial charge in [-0.25, -0.2) is 0 Å². The van der Waals surface area contributed by atoms with E-state index in [2.05, 4.69) is 20.9 Å². The molecule has 1 rings (SSSR count). The zero-order chi connectivity index (χ0) is 7.72. The molecule has 0 radical (unpaired) electrons. The van der Waals surface area contributed by atoms with E-state index in [4.69, 9.17) is 11.6 Å². The summed E-state index contributed by atoms with van der Waals surface area (Å²) in [6.07, 6.45) is 1.29. The second kappa shape index (κ2) is 2.72. The third-order valence-electron chi connectivity index (χ3n) is 0.935. The molecular weight excluding hydrogens is 224 g/mol. The standard InChI is InChI=1S/C5H2BrClFNO/c6-2-1-9-5(7)3(8)4(2)10/h1H,(H,9,10). The minimum Gasteiger partial charge on any atom is -0.349 e. The topological polar surface area (TPSA) is 32.9 Å². The van der Waals surface area contributed by atoms with Crippen LogP contribution in [0.25, 0.3) is 0 Å². The largest absolute Gasteiger partial charge is 0.349 e. The van der Waals surface area contributed by atoms with E-state index in [1.165, 1.54) is 6.20 Å². The second-order valence-electron chi connectivity index (χ2n) is 1.59. The van der Waals surface area contributed by atoms with E-state index in [1.54, 1.807) is 0 Å². The predicted molar refractivity (Wildman–Crippen MR) is 39.7 cm³/mol. The molecule has 54 valence electrons. The number of aromatic amines is 1. The summed E-state index contributed by atoms with van der Waals surface area (Å²) in [6, 6.07) is 0. The van der Waals surface area contributed by atoms with E-state index in [0.29, 0.717) is 0 Å². The zero-order valence-electron chi connectivity index (χ0n) is 4.62. The third-order valence-corrected chi connectivity index (χ3v) is 1.80. The highest BCUT2D eigenvalue weighted by molar-refractivity contribution is 9.10. The van der Waals surface area contributed by atoms with Gasteiger partial charge in [-0.15, -0.1) is 0 Å². The summed E-state index contributed by atoms with van der Waals surface area (Å²) in [4.78, 5) is 13.0. The Kier molecular flexibility index (Phi) is 2.11. The molecule has 0 aliphatic rings. The van der Waals surface area contributed by atoms with Crippen LogP contribution in [-0.4, -0.2) is 4.98 Å². The molecule has 0 aliphatic carbocycles. The molecule has 0 spiro atoms. The predicted octanol–water partition coefficient (Wildman–Crippen LogP) is 1.93. The van der Waals surface area contributed by atoms with Crippen molar-refractivity contribution in [1.82, 2.24) is 4.98 Å². The molecule has 0 aromatic carbocycles. The first-order valence-electron chi connectivity index (χ1n) is 2.35. The van der Waals surface area contributed by atoms with Crippen molar-refractivity contribution in [2.24, 2.45) is 0 Å². The van der Waals surface area contributed by atoms with Crippen molar-refractivity contribution in [3.05, 3.63) is 31.9 Å². The first-order valence-corrected chi connectivity index (χ1v) is 3.52. The molecule has 0 saturated heterocycles. The smallest absolute Gasteiger partial charge is 0.232 e. The summed E-state index contributed by atoms with van der Waals surface area (Å²) in [6.45, 7) is 0. The van der Waals surface area contributed by atoms with Crippen molar-refractivity contribution in [1.29, 1.82) is 0 Å². The first kappa shape index (κ1) is 7.75. The maximum Gasteiger partial charge on any atom is 0.232 e. The van der Waals surface area contributed by atoms with E-state index >= 15 is 0 Å². The maximum absolute atomic E-state index is 12.5. The Morgan fingerprint density at radius 1 is 1.70 bits per heavy atom.